The number of halogens is 4. The maximum atomic E-state index is 11.8. The maximum Gasteiger partial charge on any atom is 0.389 e. The van der Waals surface area contributed by atoms with E-state index in [-0.39, 0.29) is 12.2 Å². The van der Waals surface area contributed by atoms with Gasteiger partial charge in [0.2, 0.25) is 0 Å². The number of carbonyl (C=O) groups is 1. The summed E-state index contributed by atoms with van der Waals surface area (Å²) < 4.78 is 35.3. The molecule has 1 nitrogen and oxygen atoms in total. The van der Waals surface area contributed by atoms with Crippen molar-refractivity contribution in [1.82, 2.24) is 0 Å². The molecule has 0 saturated heterocycles. The summed E-state index contributed by atoms with van der Waals surface area (Å²) in [5.74, 6) is 0.0942. The second-order valence-corrected chi connectivity index (χ2v) is 4.65. The number of hydrogen-bond acceptors (Lipinski definition) is 1. The van der Waals surface area contributed by atoms with Gasteiger partial charge in [-0.1, -0.05) is 22.4 Å². The Morgan fingerprint density at radius 1 is 0.938 bits per heavy atom. The molecule has 0 aliphatic heterocycles. The molecule has 0 aromatic heterocycles. The molecule has 0 aliphatic carbocycles. The highest BCUT2D eigenvalue weighted by Gasteiger charge is 2.25. The highest BCUT2D eigenvalue weighted by atomic mass is 79.9. The zero-order chi connectivity index (χ0) is 12.4. The van der Waals surface area contributed by atoms with Crippen molar-refractivity contribution in [2.75, 3.05) is 5.33 Å². The fourth-order valence-corrected chi connectivity index (χ4v) is 1.76. The van der Waals surface area contributed by atoms with E-state index in [1.54, 1.807) is 0 Å². The summed E-state index contributed by atoms with van der Waals surface area (Å²) in [6.45, 7) is 0. The second-order valence-electron chi connectivity index (χ2n) is 3.86. The number of rotatable bonds is 9. The van der Waals surface area contributed by atoms with Crippen LogP contribution in [0.25, 0.3) is 0 Å². The van der Waals surface area contributed by atoms with E-state index in [1.165, 1.54) is 0 Å². The van der Waals surface area contributed by atoms with Crippen LogP contribution in [0.1, 0.15) is 51.4 Å². The summed E-state index contributed by atoms with van der Waals surface area (Å²) in [4.78, 5) is 11.2. The molecular weight excluding hydrogens is 285 g/mol. The van der Waals surface area contributed by atoms with Crippen LogP contribution in [-0.4, -0.2) is 17.3 Å². The van der Waals surface area contributed by atoms with E-state index in [1.807, 2.05) is 0 Å². The molecule has 0 radical (unpaired) electrons. The van der Waals surface area contributed by atoms with Gasteiger partial charge in [0.15, 0.2) is 0 Å². The van der Waals surface area contributed by atoms with Gasteiger partial charge in [-0.2, -0.15) is 13.2 Å². The Hall–Kier alpha value is -0.0600. The molecule has 0 bridgehead atoms. The zero-order valence-corrected chi connectivity index (χ0v) is 10.9. The van der Waals surface area contributed by atoms with Crippen molar-refractivity contribution in [3.8, 4) is 0 Å². The van der Waals surface area contributed by atoms with Crippen LogP contribution in [0.15, 0.2) is 0 Å². The van der Waals surface area contributed by atoms with E-state index in [9.17, 15) is 18.0 Å². The van der Waals surface area contributed by atoms with Gasteiger partial charge in [0.1, 0.15) is 5.78 Å². The Balaban J connectivity index is 3.31. The predicted octanol–water partition coefficient (Wildman–Crippen LogP) is 4.63. The van der Waals surface area contributed by atoms with Crippen molar-refractivity contribution in [1.29, 1.82) is 0 Å². The lowest BCUT2D eigenvalue weighted by molar-refractivity contribution is -0.136. The van der Waals surface area contributed by atoms with Gasteiger partial charge in [-0.3, -0.25) is 4.79 Å². The second kappa shape index (κ2) is 9.02. The normalized spacial score (nSPS) is 11.8. The molecule has 0 saturated carbocycles. The van der Waals surface area contributed by atoms with Gasteiger partial charge in [0, 0.05) is 24.6 Å². The Morgan fingerprint density at radius 2 is 1.50 bits per heavy atom. The van der Waals surface area contributed by atoms with Crippen LogP contribution in [-0.2, 0) is 4.79 Å². The van der Waals surface area contributed by atoms with Gasteiger partial charge in [-0.25, -0.2) is 0 Å². The quantitative estimate of drug-likeness (QED) is 0.448. The molecule has 0 aromatic carbocycles. The smallest absolute Gasteiger partial charge is 0.300 e. The first-order valence-electron chi connectivity index (χ1n) is 5.60. The lowest BCUT2D eigenvalue weighted by atomic mass is 10.1. The first-order valence-corrected chi connectivity index (χ1v) is 6.72. The highest BCUT2D eigenvalue weighted by Crippen LogP contribution is 2.22. The third-order valence-corrected chi connectivity index (χ3v) is 2.82. The molecule has 0 aromatic rings. The molecule has 0 N–H and O–H groups in total. The van der Waals surface area contributed by atoms with E-state index < -0.39 is 12.6 Å². The first-order chi connectivity index (χ1) is 7.45. The summed E-state index contributed by atoms with van der Waals surface area (Å²) in [6, 6.07) is 0. The predicted molar refractivity (Wildman–Crippen MR) is 61.8 cm³/mol. The molecule has 0 heterocycles. The highest BCUT2D eigenvalue weighted by molar-refractivity contribution is 9.09. The average molecular weight is 303 g/mol. The van der Waals surface area contributed by atoms with Crippen LogP contribution in [0.2, 0.25) is 0 Å². The standard InChI is InChI=1S/C11H18BrF3O/c12-9-5-1-2-6-10(16)7-3-4-8-11(13,14)15/h1-9H2. The van der Waals surface area contributed by atoms with E-state index >= 15 is 0 Å². The van der Waals surface area contributed by atoms with Gasteiger partial charge in [0.05, 0.1) is 0 Å². The van der Waals surface area contributed by atoms with Gasteiger partial charge in [-0.05, 0) is 25.7 Å². The minimum Gasteiger partial charge on any atom is -0.300 e. The van der Waals surface area contributed by atoms with Crippen LogP contribution in [0.4, 0.5) is 13.2 Å². The van der Waals surface area contributed by atoms with E-state index in [0.29, 0.717) is 19.3 Å². The average Bonchev–Trinajstić information content (AvgIpc) is 2.18. The molecule has 0 amide bonds. The van der Waals surface area contributed by atoms with Crippen LogP contribution >= 0.6 is 15.9 Å². The van der Waals surface area contributed by atoms with Crippen molar-refractivity contribution >= 4 is 21.7 Å². The summed E-state index contributed by atoms with van der Waals surface area (Å²) >= 11 is 3.29. The summed E-state index contributed by atoms with van der Waals surface area (Å²) in [5.41, 5.74) is 0. The van der Waals surface area contributed by atoms with E-state index in [2.05, 4.69) is 15.9 Å². The molecule has 0 spiro atoms. The number of carbonyl (C=O) groups excluding carboxylic acids is 1. The first kappa shape index (κ1) is 15.9. The van der Waals surface area contributed by atoms with Gasteiger partial charge >= 0.3 is 6.18 Å². The van der Waals surface area contributed by atoms with Crippen molar-refractivity contribution in [3.63, 3.8) is 0 Å². The van der Waals surface area contributed by atoms with Crippen LogP contribution in [0.5, 0.6) is 0 Å². The van der Waals surface area contributed by atoms with Crippen molar-refractivity contribution in [3.05, 3.63) is 0 Å². The lowest BCUT2D eigenvalue weighted by Crippen LogP contribution is -2.07. The van der Waals surface area contributed by atoms with Crippen molar-refractivity contribution in [2.24, 2.45) is 0 Å². The van der Waals surface area contributed by atoms with E-state index in [4.69, 9.17) is 0 Å². The lowest BCUT2D eigenvalue weighted by Gasteiger charge is -2.05. The maximum absolute atomic E-state index is 11.8. The molecular formula is C11H18BrF3O. The molecule has 0 aliphatic rings. The third kappa shape index (κ3) is 12.0. The van der Waals surface area contributed by atoms with Crippen molar-refractivity contribution in [2.45, 2.75) is 57.5 Å². The van der Waals surface area contributed by atoms with Gasteiger partial charge in [0.25, 0.3) is 0 Å². The molecule has 0 rings (SSSR count). The molecule has 16 heavy (non-hydrogen) atoms. The molecule has 0 fully saturated rings. The van der Waals surface area contributed by atoms with Crippen LogP contribution in [0, 0.1) is 0 Å². The van der Waals surface area contributed by atoms with Gasteiger partial charge < -0.3 is 0 Å². The molecule has 96 valence electrons. The largest absolute Gasteiger partial charge is 0.389 e. The number of alkyl halides is 4. The fraction of sp³-hybridized carbons (Fsp3) is 0.909. The fourth-order valence-electron chi connectivity index (χ4n) is 1.37. The number of ketones is 1. The van der Waals surface area contributed by atoms with E-state index in [0.717, 1.165) is 24.6 Å². The Kier molecular flexibility index (Phi) is 8.99. The Bertz CT molecular complexity index is 192. The number of unbranched alkanes of at least 4 members (excludes halogenated alkanes) is 3. The Morgan fingerprint density at radius 3 is 2.00 bits per heavy atom. The van der Waals surface area contributed by atoms with Crippen molar-refractivity contribution < 1.29 is 18.0 Å². The SMILES string of the molecule is O=C(CCCCCBr)CCCCC(F)(F)F. The number of Topliss-reactive ketones (excluding diaryl/α,β-unsaturated/α-hetero) is 1. The summed E-state index contributed by atoms with van der Waals surface area (Å²) in [7, 11) is 0. The number of hydrogen-bond donors (Lipinski definition) is 0. The summed E-state index contributed by atoms with van der Waals surface area (Å²) in [6.07, 6.45) is -0.732. The molecule has 0 atom stereocenters. The van der Waals surface area contributed by atoms with Gasteiger partial charge in [-0.15, -0.1) is 0 Å². The Labute approximate surface area is 103 Å². The van der Waals surface area contributed by atoms with Crippen LogP contribution < -0.4 is 0 Å². The summed E-state index contributed by atoms with van der Waals surface area (Å²) in [5, 5.41) is 0.937. The zero-order valence-electron chi connectivity index (χ0n) is 9.28. The molecule has 0 unspecified atom stereocenters. The minimum absolute atomic E-state index is 0.0661. The monoisotopic (exact) mass is 302 g/mol. The topological polar surface area (TPSA) is 17.1 Å². The molecule has 5 heteroatoms. The minimum atomic E-state index is -4.08. The van der Waals surface area contributed by atoms with Crippen LogP contribution in [0.3, 0.4) is 0 Å². The third-order valence-electron chi connectivity index (χ3n) is 2.26.